The number of nitrogens with two attached hydrogens (primary N) is 1. The molecule has 1 aromatic heterocycles. The lowest BCUT2D eigenvalue weighted by Crippen LogP contribution is -2.64. The van der Waals surface area contributed by atoms with Gasteiger partial charge in [0.05, 0.1) is 32.2 Å². The van der Waals surface area contributed by atoms with Gasteiger partial charge in [0.2, 0.25) is 11.8 Å². The highest BCUT2D eigenvalue weighted by Crippen LogP contribution is 2.39. The normalized spacial score (nSPS) is 14.7. The fourth-order valence-electron chi connectivity index (χ4n) is 4.84. The molecule has 0 radical (unpaired) electrons. The van der Waals surface area contributed by atoms with Crippen LogP contribution in [-0.4, -0.2) is 53.1 Å². The largest absolute Gasteiger partial charge is 0.497 e. The zero-order chi connectivity index (χ0) is 27.1. The van der Waals surface area contributed by atoms with Crippen molar-refractivity contribution < 1.29 is 19.1 Å². The van der Waals surface area contributed by atoms with Crippen LogP contribution in [0.2, 0.25) is 0 Å². The number of aromatic nitrogens is 2. The Morgan fingerprint density at radius 1 is 1.16 bits per heavy atom. The van der Waals surface area contributed by atoms with Crippen LogP contribution in [0.25, 0.3) is 0 Å². The summed E-state index contributed by atoms with van der Waals surface area (Å²) in [5.74, 6) is 6.22. The minimum absolute atomic E-state index is 0.0194. The van der Waals surface area contributed by atoms with Gasteiger partial charge < -0.3 is 24.7 Å². The maximum atomic E-state index is 14.0. The van der Waals surface area contributed by atoms with Gasteiger partial charge in [-0.25, -0.2) is 4.98 Å². The first-order valence-corrected chi connectivity index (χ1v) is 12.7. The summed E-state index contributed by atoms with van der Waals surface area (Å²) in [5.41, 5.74) is 8.62. The lowest BCUT2D eigenvalue weighted by molar-refractivity contribution is -0.172. The topological polar surface area (TPSA) is 99.7 Å². The molecule has 2 aromatic carbocycles. The van der Waals surface area contributed by atoms with Gasteiger partial charge >= 0.3 is 0 Å². The van der Waals surface area contributed by atoms with Crippen LogP contribution in [0, 0.1) is 18.8 Å². The van der Waals surface area contributed by atoms with Crippen molar-refractivity contribution in [2.75, 3.05) is 26.8 Å². The Balaban J connectivity index is 1.58. The number of ether oxygens (including phenoxy) is 2. The van der Waals surface area contributed by atoms with Crippen molar-refractivity contribution in [3.8, 4) is 17.6 Å². The van der Waals surface area contributed by atoms with Crippen LogP contribution in [-0.2, 0) is 32.8 Å². The molecule has 198 valence electrons. The molecule has 0 bridgehead atoms. The van der Waals surface area contributed by atoms with Crippen molar-refractivity contribution in [1.82, 2.24) is 14.5 Å². The molecule has 38 heavy (non-hydrogen) atoms. The average molecular weight is 515 g/mol. The molecule has 0 aliphatic carbocycles. The van der Waals surface area contributed by atoms with Crippen molar-refractivity contribution in [2.24, 2.45) is 5.73 Å². The van der Waals surface area contributed by atoms with Gasteiger partial charge in [-0.05, 0) is 49.1 Å². The summed E-state index contributed by atoms with van der Waals surface area (Å²) < 4.78 is 13.4. The Bertz CT molecular complexity index is 1330. The molecule has 1 saturated heterocycles. The van der Waals surface area contributed by atoms with E-state index in [4.69, 9.17) is 15.2 Å². The number of imidazole rings is 1. The molecule has 2 heterocycles. The fraction of sp³-hybridized carbons (Fsp3) is 0.367. The molecule has 1 aliphatic rings. The molecule has 1 aliphatic heterocycles. The van der Waals surface area contributed by atoms with Crippen molar-refractivity contribution in [2.45, 2.75) is 44.8 Å². The van der Waals surface area contributed by atoms with Crippen LogP contribution in [0.4, 0.5) is 0 Å². The number of primary amides is 1. The average Bonchev–Trinajstić information content (AvgIpc) is 3.37. The fourth-order valence-corrected chi connectivity index (χ4v) is 4.84. The van der Waals surface area contributed by atoms with E-state index < -0.39 is 11.6 Å². The third kappa shape index (κ3) is 6.06. The SMILES string of the molecule is CC#CCOC1(c2ccccc2C)CN(C(=O)[C@@H](Cc2ccc(OC)cc2)n2cnc(CCC(N)=O)c2)C1. The molecule has 0 spiro atoms. The number of hydrogen-bond acceptors (Lipinski definition) is 5. The third-order valence-electron chi connectivity index (χ3n) is 6.95. The number of likely N-dealkylation sites (tertiary alicyclic amines) is 1. The van der Waals surface area contributed by atoms with E-state index >= 15 is 0 Å². The molecular formula is C30H34N4O4. The highest BCUT2D eigenvalue weighted by atomic mass is 16.5. The van der Waals surface area contributed by atoms with Gasteiger partial charge in [-0.3, -0.25) is 9.59 Å². The molecule has 0 saturated carbocycles. The van der Waals surface area contributed by atoms with Gasteiger partial charge in [0.1, 0.15) is 24.0 Å². The second kappa shape index (κ2) is 12.0. The number of carbonyl (C=O) groups is 2. The van der Waals surface area contributed by atoms with Gasteiger partial charge in [-0.1, -0.05) is 42.3 Å². The lowest BCUT2D eigenvalue weighted by Gasteiger charge is -2.51. The predicted octanol–water partition coefficient (Wildman–Crippen LogP) is 3.18. The molecule has 8 heteroatoms. The smallest absolute Gasteiger partial charge is 0.246 e. The molecule has 2 N–H and O–H groups in total. The summed E-state index contributed by atoms with van der Waals surface area (Å²) in [4.78, 5) is 31.5. The van der Waals surface area contributed by atoms with E-state index in [1.54, 1.807) is 20.4 Å². The van der Waals surface area contributed by atoms with E-state index in [0.717, 1.165) is 28.1 Å². The first-order valence-electron chi connectivity index (χ1n) is 12.7. The van der Waals surface area contributed by atoms with Gasteiger partial charge in [0.15, 0.2) is 0 Å². The summed E-state index contributed by atoms with van der Waals surface area (Å²) in [7, 11) is 1.62. The Morgan fingerprint density at radius 3 is 2.55 bits per heavy atom. The van der Waals surface area contributed by atoms with Crippen LogP contribution in [0.5, 0.6) is 5.75 Å². The summed E-state index contributed by atoms with van der Waals surface area (Å²) in [6.45, 7) is 5.01. The van der Waals surface area contributed by atoms with E-state index in [2.05, 4.69) is 35.9 Å². The minimum atomic E-state index is -0.600. The van der Waals surface area contributed by atoms with E-state index in [9.17, 15) is 9.59 Å². The number of aryl methyl sites for hydroxylation is 2. The molecule has 2 amide bonds. The van der Waals surface area contributed by atoms with Crippen molar-refractivity contribution >= 4 is 11.8 Å². The zero-order valence-corrected chi connectivity index (χ0v) is 22.1. The van der Waals surface area contributed by atoms with Crippen molar-refractivity contribution in [3.63, 3.8) is 0 Å². The number of rotatable bonds is 11. The van der Waals surface area contributed by atoms with E-state index in [-0.39, 0.29) is 18.2 Å². The van der Waals surface area contributed by atoms with Gasteiger partial charge in [0, 0.05) is 19.0 Å². The van der Waals surface area contributed by atoms with Crippen LogP contribution >= 0.6 is 0 Å². The summed E-state index contributed by atoms with van der Waals surface area (Å²) in [5, 5.41) is 0. The van der Waals surface area contributed by atoms with E-state index in [1.165, 1.54) is 0 Å². The lowest BCUT2D eigenvalue weighted by atomic mass is 9.82. The van der Waals surface area contributed by atoms with Crippen LogP contribution < -0.4 is 10.5 Å². The van der Waals surface area contributed by atoms with Gasteiger partial charge in [0.25, 0.3) is 0 Å². The number of methoxy groups -OCH3 is 1. The maximum Gasteiger partial charge on any atom is 0.246 e. The second-order valence-electron chi connectivity index (χ2n) is 9.57. The molecule has 3 aromatic rings. The van der Waals surface area contributed by atoms with E-state index in [1.807, 2.05) is 52.1 Å². The monoisotopic (exact) mass is 514 g/mol. The number of amides is 2. The maximum absolute atomic E-state index is 14.0. The Morgan fingerprint density at radius 2 is 1.89 bits per heavy atom. The number of hydrogen-bond donors (Lipinski definition) is 1. The van der Waals surface area contributed by atoms with Crippen LogP contribution in [0.15, 0.2) is 61.1 Å². The standard InChI is InChI=1S/C30H34N4O4/c1-4-5-16-38-30(26-9-7-6-8-22(26)2)19-34(20-30)29(36)27(17-23-10-13-25(37-3)14-11-23)33-18-24(32-21-33)12-15-28(31)35/h6-11,13-14,18,21,27H,12,15-17,19-20H2,1-3H3,(H2,31,35)/t27-/m1/s1. The predicted molar refractivity (Wildman–Crippen MR) is 144 cm³/mol. The number of nitrogens with zero attached hydrogens (tertiary/aromatic N) is 3. The minimum Gasteiger partial charge on any atom is -0.497 e. The first kappa shape index (κ1) is 27.0. The quantitative estimate of drug-likeness (QED) is 0.396. The molecule has 1 fully saturated rings. The van der Waals surface area contributed by atoms with Crippen molar-refractivity contribution in [3.05, 3.63) is 83.4 Å². The number of benzene rings is 2. The molecule has 8 nitrogen and oxygen atoms in total. The highest BCUT2D eigenvalue weighted by Gasteiger charge is 2.49. The van der Waals surface area contributed by atoms with Crippen LogP contribution in [0.1, 0.15) is 41.8 Å². The third-order valence-corrected chi connectivity index (χ3v) is 6.95. The highest BCUT2D eigenvalue weighted by molar-refractivity contribution is 5.82. The van der Waals surface area contributed by atoms with Gasteiger partial charge in [-0.2, -0.15) is 0 Å². The summed E-state index contributed by atoms with van der Waals surface area (Å²) >= 11 is 0. The zero-order valence-electron chi connectivity index (χ0n) is 22.1. The van der Waals surface area contributed by atoms with Gasteiger partial charge in [-0.15, -0.1) is 5.92 Å². The molecule has 4 rings (SSSR count). The van der Waals surface area contributed by atoms with Crippen LogP contribution in [0.3, 0.4) is 0 Å². The first-order chi connectivity index (χ1) is 18.3. The Hall–Kier alpha value is -4.09. The summed E-state index contributed by atoms with van der Waals surface area (Å²) in [6, 6.07) is 15.3. The molecule has 1 atom stereocenters. The Kier molecular flexibility index (Phi) is 8.49. The van der Waals surface area contributed by atoms with Crippen molar-refractivity contribution in [1.29, 1.82) is 0 Å². The second-order valence-corrected chi connectivity index (χ2v) is 9.57. The summed E-state index contributed by atoms with van der Waals surface area (Å²) in [6.07, 6.45) is 4.60. The molecular weight excluding hydrogens is 480 g/mol. The Labute approximate surface area is 223 Å². The molecule has 0 unspecified atom stereocenters. The van der Waals surface area contributed by atoms with E-state index in [0.29, 0.717) is 32.5 Å². The number of carbonyl (C=O) groups excluding carboxylic acids is 2.